The summed E-state index contributed by atoms with van der Waals surface area (Å²) in [7, 11) is -1.29. The summed E-state index contributed by atoms with van der Waals surface area (Å²) in [5.41, 5.74) is 6.56. The molecule has 22 heavy (non-hydrogen) atoms. The van der Waals surface area contributed by atoms with E-state index in [1.807, 2.05) is 0 Å². The second kappa shape index (κ2) is 7.97. The van der Waals surface area contributed by atoms with E-state index in [1.165, 1.54) is 10.7 Å². The average Bonchev–Trinajstić information content (AvgIpc) is 2.94. The molecule has 0 aliphatic heterocycles. The monoisotopic (exact) mass is 307 g/mol. The molecule has 0 aliphatic carbocycles. The molecule has 0 aliphatic rings. The average molecular weight is 307 g/mol. The van der Waals surface area contributed by atoms with E-state index in [1.54, 1.807) is 18.2 Å². The summed E-state index contributed by atoms with van der Waals surface area (Å²) in [4.78, 5) is 0. The Morgan fingerprint density at radius 3 is 2.77 bits per heavy atom. The molecule has 2 aromatic rings. The lowest BCUT2D eigenvalue weighted by atomic mass is 9.83. The highest BCUT2D eigenvalue weighted by molar-refractivity contribution is 6.40. The van der Waals surface area contributed by atoms with E-state index < -0.39 is 7.12 Å². The molecular formula is C13H19BFN5O2. The Hall–Kier alpha value is -1.84. The number of hydrogen-bond acceptors (Lipinski definition) is 6. The second-order valence-electron chi connectivity index (χ2n) is 5.16. The first-order chi connectivity index (χ1) is 10.6. The Morgan fingerprint density at radius 1 is 1.27 bits per heavy atom. The Balaban J connectivity index is 1.95. The standard InChI is InChI=1S/C13H19BFN5O2/c15-11-6-2-1-5-10(11)9-20-13(17-18-19-20)12(16)7-3-4-8-14(21)22/h1-2,5-6,12,21-22H,3-4,7-9,16H2. The van der Waals surface area contributed by atoms with Crippen LogP contribution in [0.5, 0.6) is 0 Å². The molecule has 9 heteroatoms. The Bertz CT molecular complexity index is 595. The third-order valence-corrected chi connectivity index (χ3v) is 3.40. The van der Waals surface area contributed by atoms with Crippen molar-refractivity contribution in [3.05, 3.63) is 41.5 Å². The number of unbranched alkanes of at least 4 members (excludes halogenated alkanes) is 1. The number of aromatic nitrogens is 4. The number of nitrogens with two attached hydrogens (primary N) is 1. The summed E-state index contributed by atoms with van der Waals surface area (Å²) in [6.07, 6.45) is 2.31. The van der Waals surface area contributed by atoms with Crippen molar-refractivity contribution in [3.8, 4) is 0 Å². The van der Waals surface area contributed by atoms with E-state index in [0.29, 0.717) is 30.5 Å². The largest absolute Gasteiger partial charge is 0.451 e. The van der Waals surface area contributed by atoms with Gasteiger partial charge in [0, 0.05) is 5.56 Å². The quantitative estimate of drug-likeness (QED) is 0.484. The Labute approximate surface area is 128 Å². The first kappa shape index (κ1) is 16.5. The van der Waals surface area contributed by atoms with Gasteiger partial charge in [-0.25, -0.2) is 9.07 Å². The zero-order chi connectivity index (χ0) is 15.9. The maximum absolute atomic E-state index is 13.7. The van der Waals surface area contributed by atoms with Crippen LogP contribution in [0, 0.1) is 5.82 Å². The molecule has 1 aromatic carbocycles. The summed E-state index contributed by atoms with van der Waals surface area (Å²) in [6.45, 7) is 0.220. The van der Waals surface area contributed by atoms with Crippen LogP contribution in [0.4, 0.5) is 4.39 Å². The van der Waals surface area contributed by atoms with Crippen LogP contribution in [0.25, 0.3) is 0 Å². The highest BCUT2D eigenvalue weighted by Gasteiger charge is 2.16. The number of hydrogen-bond donors (Lipinski definition) is 3. The van der Waals surface area contributed by atoms with Crippen LogP contribution in [0.2, 0.25) is 6.32 Å². The van der Waals surface area contributed by atoms with Gasteiger partial charge < -0.3 is 15.8 Å². The fourth-order valence-electron chi connectivity index (χ4n) is 2.20. The zero-order valence-electron chi connectivity index (χ0n) is 12.1. The molecule has 2 rings (SSSR count). The summed E-state index contributed by atoms with van der Waals surface area (Å²) < 4.78 is 15.2. The van der Waals surface area contributed by atoms with Gasteiger partial charge in [0.15, 0.2) is 5.82 Å². The molecule has 118 valence electrons. The minimum absolute atomic E-state index is 0.220. The van der Waals surface area contributed by atoms with Crippen LogP contribution < -0.4 is 5.73 Å². The van der Waals surface area contributed by atoms with E-state index in [9.17, 15) is 4.39 Å². The number of rotatable bonds is 8. The fraction of sp³-hybridized carbons (Fsp3) is 0.462. The van der Waals surface area contributed by atoms with Gasteiger partial charge in [-0.1, -0.05) is 31.0 Å². The van der Waals surface area contributed by atoms with E-state index in [2.05, 4.69) is 15.5 Å². The highest BCUT2D eigenvalue weighted by atomic mass is 19.1. The molecule has 0 saturated carbocycles. The minimum Gasteiger partial charge on any atom is -0.427 e. The van der Waals surface area contributed by atoms with Gasteiger partial charge in [0.1, 0.15) is 5.82 Å². The molecule has 0 bridgehead atoms. The van der Waals surface area contributed by atoms with E-state index in [4.69, 9.17) is 15.8 Å². The molecule has 4 N–H and O–H groups in total. The molecule has 7 nitrogen and oxygen atoms in total. The SMILES string of the molecule is NC(CCCCB(O)O)c1nnnn1Cc1ccccc1F. The van der Waals surface area contributed by atoms with E-state index in [-0.39, 0.29) is 18.4 Å². The molecule has 1 aromatic heterocycles. The predicted octanol–water partition coefficient (Wildman–Crippen LogP) is 0.503. The van der Waals surface area contributed by atoms with Crippen LogP contribution in [0.3, 0.4) is 0 Å². The molecule has 0 spiro atoms. The van der Waals surface area contributed by atoms with Crippen LogP contribution in [-0.2, 0) is 6.54 Å². The normalized spacial score (nSPS) is 12.4. The van der Waals surface area contributed by atoms with E-state index >= 15 is 0 Å². The van der Waals surface area contributed by atoms with Crippen LogP contribution in [0.15, 0.2) is 24.3 Å². The number of benzene rings is 1. The predicted molar refractivity (Wildman–Crippen MR) is 79.1 cm³/mol. The molecule has 0 amide bonds. The van der Waals surface area contributed by atoms with Gasteiger partial charge in [-0.3, -0.25) is 0 Å². The lowest BCUT2D eigenvalue weighted by Crippen LogP contribution is -2.18. The lowest BCUT2D eigenvalue weighted by Gasteiger charge is -2.12. The maximum atomic E-state index is 13.7. The maximum Gasteiger partial charge on any atom is 0.451 e. The molecule has 0 fully saturated rings. The van der Waals surface area contributed by atoms with Crippen molar-refractivity contribution in [2.24, 2.45) is 5.73 Å². The second-order valence-corrected chi connectivity index (χ2v) is 5.16. The lowest BCUT2D eigenvalue weighted by molar-refractivity contribution is 0.400. The summed E-state index contributed by atoms with van der Waals surface area (Å²) in [5.74, 6) is 0.183. The Morgan fingerprint density at radius 2 is 2.05 bits per heavy atom. The van der Waals surface area contributed by atoms with Crippen molar-refractivity contribution in [2.45, 2.75) is 38.2 Å². The van der Waals surface area contributed by atoms with Crippen LogP contribution >= 0.6 is 0 Å². The first-order valence-electron chi connectivity index (χ1n) is 7.19. The third-order valence-electron chi connectivity index (χ3n) is 3.40. The van der Waals surface area contributed by atoms with Crippen molar-refractivity contribution < 1.29 is 14.4 Å². The van der Waals surface area contributed by atoms with Crippen LogP contribution in [0.1, 0.15) is 36.7 Å². The minimum atomic E-state index is -1.29. The van der Waals surface area contributed by atoms with Crippen LogP contribution in [-0.4, -0.2) is 37.4 Å². The summed E-state index contributed by atoms with van der Waals surface area (Å²) >= 11 is 0. The third kappa shape index (κ3) is 4.59. The summed E-state index contributed by atoms with van der Waals surface area (Å²) in [5, 5.41) is 29.0. The highest BCUT2D eigenvalue weighted by Crippen LogP contribution is 2.16. The van der Waals surface area contributed by atoms with Gasteiger partial charge in [0.2, 0.25) is 0 Å². The first-order valence-corrected chi connectivity index (χ1v) is 7.19. The zero-order valence-corrected chi connectivity index (χ0v) is 12.1. The number of halogens is 1. The van der Waals surface area contributed by atoms with Gasteiger partial charge in [-0.2, -0.15) is 0 Å². The van der Waals surface area contributed by atoms with Gasteiger partial charge >= 0.3 is 7.12 Å². The molecule has 1 unspecified atom stereocenters. The van der Waals surface area contributed by atoms with Gasteiger partial charge in [-0.15, -0.1) is 5.10 Å². The number of nitrogens with zero attached hydrogens (tertiary/aromatic N) is 4. The van der Waals surface area contributed by atoms with Gasteiger partial charge in [0.05, 0.1) is 12.6 Å². The smallest absolute Gasteiger partial charge is 0.427 e. The fourth-order valence-corrected chi connectivity index (χ4v) is 2.20. The van der Waals surface area contributed by atoms with Crippen molar-refractivity contribution in [3.63, 3.8) is 0 Å². The van der Waals surface area contributed by atoms with Crippen molar-refractivity contribution >= 4 is 7.12 Å². The van der Waals surface area contributed by atoms with Gasteiger partial charge in [0.25, 0.3) is 0 Å². The topological polar surface area (TPSA) is 110 Å². The van der Waals surface area contributed by atoms with Crippen molar-refractivity contribution in [1.29, 1.82) is 0 Å². The molecular weight excluding hydrogens is 288 g/mol. The molecule has 0 saturated heterocycles. The molecule has 1 atom stereocenters. The van der Waals surface area contributed by atoms with Crippen molar-refractivity contribution in [1.82, 2.24) is 20.2 Å². The van der Waals surface area contributed by atoms with Crippen molar-refractivity contribution in [2.75, 3.05) is 0 Å². The van der Waals surface area contributed by atoms with Gasteiger partial charge in [-0.05, 0) is 29.2 Å². The molecule has 0 radical (unpaired) electrons. The number of tetrazole rings is 1. The molecule has 1 heterocycles. The van der Waals surface area contributed by atoms with E-state index in [0.717, 1.165) is 6.42 Å². The summed E-state index contributed by atoms with van der Waals surface area (Å²) in [6, 6.07) is 6.06. The Kier molecular flexibility index (Phi) is 5.99.